The molecular weight excluding hydrogens is 252 g/mol. The number of nitrogens with zero attached hydrogens (tertiary/aromatic N) is 1. The van der Waals surface area contributed by atoms with Gasteiger partial charge in [0.15, 0.2) is 0 Å². The minimum atomic E-state index is -0.0663. The number of nitrogens with one attached hydrogen (secondary N) is 1. The summed E-state index contributed by atoms with van der Waals surface area (Å²) in [6.07, 6.45) is 1.65. The molecule has 1 heterocycles. The van der Waals surface area contributed by atoms with Crippen molar-refractivity contribution in [1.82, 2.24) is 10.2 Å². The maximum Gasteiger partial charge on any atom is 0.251 e. The van der Waals surface area contributed by atoms with Crippen molar-refractivity contribution in [3.8, 4) is 0 Å². The second-order valence-corrected chi connectivity index (χ2v) is 5.07. The average molecular weight is 272 g/mol. The van der Waals surface area contributed by atoms with Gasteiger partial charge in [-0.3, -0.25) is 9.69 Å². The van der Waals surface area contributed by atoms with Gasteiger partial charge in [-0.1, -0.05) is 17.7 Å². The van der Waals surface area contributed by atoms with Crippen molar-refractivity contribution in [3.05, 3.63) is 59.5 Å². The van der Waals surface area contributed by atoms with Crippen LogP contribution in [0.15, 0.2) is 47.1 Å². The maximum atomic E-state index is 12.1. The first-order valence-corrected chi connectivity index (χ1v) is 6.62. The number of likely N-dealkylation sites (N-methyl/N-ethyl adjacent to an activating group) is 1. The number of carbonyl (C=O) groups excluding carboxylic acids is 1. The predicted molar refractivity (Wildman–Crippen MR) is 78.6 cm³/mol. The highest BCUT2D eigenvalue weighted by Gasteiger charge is 2.18. The molecule has 0 bridgehead atoms. The molecule has 2 aromatic rings. The molecule has 0 saturated carbocycles. The highest BCUT2D eigenvalue weighted by atomic mass is 16.3. The van der Waals surface area contributed by atoms with E-state index in [2.05, 4.69) is 5.32 Å². The van der Waals surface area contributed by atoms with Crippen LogP contribution in [0.4, 0.5) is 0 Å². The molecule has 0 fully saturated rings. The Kier molecular flexibility index (Phi) is 4.58. The van der Waals surface area contributed by atoms with Crippen molar-refractivity contribution < 1.29 is 9.21 Å². The van der Waals surface area contributed by atoms with Crippen LogP contribution in [0.25, 0.3) is 0 Å². The number of hydrogen-bond acceptors (Lipinski definition) is 3. The molecule has 4 nitrogen and oxygen atoms in total. The molecular formula is C16H20N2O2. The summed E-state index contributed by atoms with van der Waals surface area (Å²) in [7, 11) is 3.93. The Balaban J connectivity index is 1.99. The molecule has 0 aliphatic rings. The fourth-order valence-corrected chi connectivity index (χ4v) is 2.01. The van der Waals surface area contributed by atoms with Crippen molar-refractivity contribution in [2.45, 2.75) is 13.0 Å². The highest BCUT2D eigenvalue weighted by molar-refractivity contribution is 5.94. The fraction of sp³-hybridized carbons (Fsp3) is 0.312. The van der Waals surface area contributed by atoms with Gasteiger partial charge in [-0.05, 0) is 45.3 Å². The minimum Gasteiger partial charge on any atom is -0.468 e. The van der Waals surface area contributed by atoms with Crippen LogP contribution in [0.2, 0.25) is 0 Å². The third-order valence-electron chi connectivity index (χ3n) is 3.26. The van der Waals surface area contributed by atoms with Gasteiger partial charge in [0.25, 0.3) is 5.91 Å². The quantitative estimate of drug-likeness (QED) is 0.910. The molecule has 4 heteroatoms. The molecule has 0 aliphatic heterocycles. The number of carbonyl (C=O) groups is 1. The van der Waals surface area contributed by atoms with Crippen LogP contribution >= 0.6 is 0 Å². The summed E-state index contributed by atoms with van der Waals surface area (Å²) in [5, 5.41) is 2.95. The monoisotopic (exact) mass is 272 g/mol. The SMILES string of the molecule is Cc1ccc(C(=O)NC[C@@H](c2ccco2)N(C)C)cc1. The van der Waals surface area contributed by atoms with Crippen LogP contribution in [-0.4, -0.2) is 31.4 Å². The van der Waals surface area contributed by atoms with Crippen molar-refractivity contribution >= 4 is 5.91 Å². The molecule has 1 atom stereocenters. The van der Waals surface area contributed by atoms with Crippen molar-refractivity contribution in [3.63, 3.8) is 0 Å². The molecule has 1 aromatic heterocycles. The zero-order valence-electron chi connectivity index (χ0n) is 12.1. The smallest absolute Gasteiger partial charge is 0.251 e. The Morgan fingerprint density at radius 3 is 2.50 bits per heavy atom. The van der Waals surface area contributed by atoms with Gasteiger partial charge in [0.1, 0.15) is 5.76 Å². The number of amides is 1. The van der Waals surface area contributed by atoms with E-state index in [0.29, 0.717) is 12.1 Å². The summed E-state index contributed by atoms with van der Waals surface area (Å²) in [5.74, 6) is 0.780. The summed E-state index contributed by atoms with van der Waals surface area (Å²) >= 11 is 0. The highest BCUT2D eigenvalue weighted by Crippen LogP contribution is 2.17. The standard InChI is InChI=1S/C16H20N2O2/c1-12-6-8-13(9-7-12)16(19)17-11-14(18(2)3)15-5-4-10-20-15/h4-10,14H,11H2,1-3H3,(H,17,19)/t14-/m0/s1. The van der Waals surface area contributed by atoms with Gasteiger partial charge in [-0.2, -0.15) is 0 Å². The lowest BCUT2D eigenvalue weighted by atomic mass is 10.1. The first kappa shape index (κ1) is 14.3. The lowest BCUT2D eigenvalue weighted by Crippen LogP contribution is -2.34. The molecule has 1 aromatic carbocycles. The van der Waals surface area contributed by atoms with E-state index in [1.807, 2.05) is 62.3 Å². The first-order valence-electron chi connectivity index (χ1n) is 6.62. The molecule has 2 rings (SSSR count). The van der Waals surface area contributed by atoms with Crippen LogP contribution in [0.5, 0.6) is 0 Å². The van der Waals surface area contributed by atoms with Crippen LogP contribution in [0, 0.1) is 6.92 Å². The summed E-state index contributed by atoms with van der Waals surface area (Å²) in [6, 6.07) is 11.3. The van der Waals surface area contributed by atoms with Crippen LogP contribution in [0.3, 0.4) is 0 Å². The third-order valence-corrected chi connectivity index (χ3v) is 3.26. The average Bonchev–Trinajstić information content (AvgIpc) is 2.93. The van der Waals surface area contributed by atoms with Gasteiger partial charge in [0.2, 0.25) is 0 Å². The van der Waals surface area contributed by atoms with Gasteiger partial charge in [-0.25, -0.2) is 0 Å². The van der Waals surface area contributed by atoms with E-state index >= 15 is 0 Å². The molecule has 1 amide bonds. The van der Waals surface area contributed by atoms with E-state index in [9.17, 15) is 4.79 Å². The summed E-state index contributed by atoms with van der Waals surface area (Å²) in [4.78, 5) is 14.1. The van der Waals surface area contributed by atoms with Gasteiger partial charge >= 0.3 is 0 Å². The van der Waals surface area contributed by atoms with E-state index in [1.54, 1.807) is 6.26 Å². The van der Waals surface area contributed by atoms with Gasteiger partial charge < -0.3 is 9.73 Å². The molecule has 0 aliphatic carbocycles. The molecule has 0 radical (unpaired) electrons. The molecule has 106 valence electrons. The van der Waals surface area contributed by atoms with E-state index < -0.39 is 0 Å². The Labute approximate surface area is 119 Å². The third kappa shape index (κ3) is 3.48. The van der Waals surface area contributed by atoms with Crippen molar-refractivity contribution in [2.24, 2.45) is 0 Å². The molecule has 20 heavy (non-hydrogen) atoms. The topological polar surface area (TPSA) is 45.5 Å². The second kappa shape index (κ2) is 6.39. The number of benzene rings is 1. The minimum absolute atomic E-state index is 0.0272. The number of hydrogen-bond donors (Lipinski definition) is 1. The van der Waals surface area contributed by atoms with Crippen LogP contribution < -0.4 is 5.32 Å². The van der Waals surface area contributed by atoms with Gasteiger partial charge in [-0.15, -0.1) is 0 Å². The van der Waals surface area contributed by atoms with Crippen molar-refractivity contribution in [2.75, 3.05) is 20.6 Å². The van der Waals surface area contributed by atoms with Crippen molar-refractivity contribution in [1.29, 1.82) is 0 Å². The predicted octanol–water partition coefficient (Wildman–Crippen LogP) is 2.62. The van der Waals surface area contributed by atoms with Gasteiger partial charge in [0.05, 0.1) is 12.3 Å². The Bertz CT molecular complexity index is 544. The Morgan fingerprint density at radius 2 is 1.95 bits per heavy atom. The number of furan rings is 1. The lowest BCUT2D eigenvalue weighted by molar-refractivity contribution is 0.0939. The largest absolute Gasteiger partial charge is 0.468 e. The van der Waals surface area contributed by atoms with Crippen LogP contribution in [0.1, 0.15) is 27.7 Å². The zero-order valence-corrected chi connectivity index (χ0v) is 12.1. The number of rotatable bonds is 5. The second-order valence-electron chi connectivity index (χ2n) is 5.07. The van der Waals surface area contributed by atoms with Gasteiger partial charge in [0, 0.05) is 12.1 Å². The first-order chi connectivity index (χ1) is 9.58. The summed E-state index contributed by atoms with van der Waals surface area (Å²) < 4.78 is 5.42. The maximum absolute atomic E-state index is 12.1. The normalized spacial score (nSPS) is 12.4. The Morgan fingerprint density at radius 1 is 1.25 bits per heavy atom. The van der Waals surface area contributed by atoms with E-state index in [1.165, 1.54) is 0 Å². The van der Waals surface area contributed by atoms with E-state index in [4.69, 9.17) is 4.42 Å². The summed E-state index contributed by atoms with van der Waals surface area (Å²) in [5.41, 5.74) is 1.82. The molecule has 0 unspecified atom stereocenters. The molecule has 0 spiro atoms. The lowest BCUT2D eigenvalue weighted by Gasteiger charge is -2.22. The summed E-state index contributed by atoms with van der Waals surface area (Å²) in [6.45, 7) is 2.51. The Hall–Kier alpha value is -2.07. The molecule has 1 N–H and O–H groups in total. The zero-order chi connectivity index (χ0) is 14.5. The van der Waals surface area contributed by atoms with E-state index in [0.717, 1.165) is 11.3 Å². The molecule has 0 saturated heterocycles. The van der Waals surface area contributed by atoms with Crippen LogP contribution in [-0.2, 0) is 0 Å². The van der Waals surface area contributed by atoms with E-state index in [-0.39, 0.29) is 11.9 Å². The number of aryl methyl sites for hydroxylation is 1. The fourth-order valence-electron chi connectivity index (χ4n) is 2.01.